The van der Waals surface area contributed by atoms with Gasteiger partial charge in [0.1, 0.15) is 0 Å². The molecule has 0 unspecified atom stereocenters. The lowest BCUT2D eigenvalue weighted by Gasteiger charge is -2.09. The summed E-state index contributed by atoms with van der Waals surface area (Å²) in [6.07, 6.45) is 3.71. The molecule has 4 rings (SSSR count). The Hall–Kier alpha value is -4.05. The van der Waals surface area contributed by atoms with Crippen LogP contribution in [0.5, 0.6) is 0 Å². The average Bonchev–Trinajstić information content (AvgIpc) is 3.30. The minimum absolute atomic E-state index is 0.374. The quantitative estimate of drug-likeness (QED) is 0.232. The van der Waals surface area contributed by atoms with Crippen LogP contribution in [0, 0.1) is 13.8 Å². The van der Waals surface area contributed by atoms with Crippen LogP contribution in [0.3, 0.4) is 0 Å². The van der Waals surface area contributed by atoms with E-state index in [4.69, 9.17) is 0 Å². The van der Waals surface area contributed by atoms with Gasteiger partial charge < -0.3 is 0 Å². The third-order valence-electron chi connectivity index (χ3n) is 5.15. The molecule has 0 aliphatic carbocycles. The summed E-state index contributed by atoms with van der Waals surface area (Å²) < 4.78 is 1.62. The molecular weight excluding hydrogens is 462 g/mol. The maximum atomic E-state index is 12.7. The maximum absolute atomic E-state index is 12.7. The summed E-state index contributed by atoms with van der Waals surface area (Å²) in [7, 11) is 0. The molecule has 3 heterocycles. The molecule has 0 aliphatic rings. The fourth-order valence-corrected chi connectivity index (χ4v) is 4.40. The number of hydrogen-bond acceptors (Lipinski definition) is 7. The van der Waals surface area contributed by atoms with Crippen LogP contribution in [0.15, 0.2) is 66.1 Å². The van der Waals surface area contributed by atoms with Gasteiger partial charge in [-0.3, -0.25) is 20.4 Å². The Morgan fingerprint density at radius 2 is 1.69 bits per heavy atom. The number of hydrogen-bond donors (Lipinski definition) is 2. The van der Waals surface area contributed by atoms with Gasteiger partial charge in [-0.05, 0) is 56.2 Å². The van der Waals surface area contributed by atoms with E-state index in [0.29, 0.717) is 34.8 Å². The van der Waals surface area contributed by atoms with E-state index in [9.17, 15) is 9.59 Å². The lowest BCUT2D eigenvalue weighted by atomic mass is 10.1. The van der Waals surface area contributed by atoms with Crippen LogP contribution in [0.25, 0.3) is 5.82 Å². The molecule has 0 saturated carbocycles. The van der Waals surface area contributed by atoms with Gasteiger partial charge in [-0.15, -0.1) is 0 Å². The molecule has 9 nitrogen and oxygen atoms in total. The molecule has 0 bridgehead atoms. The highest BCUT2D eigenvalue weighted by atomic mass is 32.2. The molecule has 0 atom stereocenters. The number of amides is 2. The van der Waals surface area contributed by atoms with Crippen molar-refractivity contribution in [3.63, 3.8) is 0 Å². The second-order valence-electron chi connectivity index (χ2n) is 7.79. The van der Waals surface area contributed by atoms with Gasteiger partial charge in [0, 0.05) is 28.9 Å². The fourth-order valence-electron chi connectivity index (χ4n) is 3.49. The summed E-state index contributed by atoms with van der Waals surface area (Å²) in [6, 6.07) is 14.6. The second kappa shape index (κ2) is 10.9. The smallest absolute Gasteiger partial charge is 0.267 e. The largest absolute Gasteiger partial charge is 0.273 e. The Kier molecular flexibility index (Phi) is 7.51. The van der Waals surface area contributed by atoms with Gasteiger partial charge in [0.25, 0.3) is 11.8 Å². The van der Waals surface area contributed by atoms with Crippen LogP contribution in [0.2, 0.25) is 0 Å². The first-order chi connectivity index (χ1) is 16.9. The highest BCUT2D eigenvalue weighted by Crippen LogP contribution is 2.20. The third-order valence-corrected chi connectivity index (χ3v) is 6.07. The van der Waals surface area contributed by atoms with Gasteiger partial charge in [-0.25, -0.2) is 19.6 Å². The molecule has 0 saturated heterocycles. The second-order valence-corrected chi connectivity index (χ2v) is 8.73. The summed E-state index contributed by atoms with van der Waals surface area (Å²) in [6.45, 7) is 5.82. The Labute approximate surface area is 207 Å². The Balaban J connectivity index is 1.34. The molecule has 2 N–H and O–H groups in total. The maximum Gasteiger partial charge on any atom is 0.273 e. The number of thioether (sulfide) groups is 1. The molecule has 4 aromatic rings. The van der Waals surface area contributed by atoms with Crippen molar-refractivity contribution in [3.05, 3.63) is 94.7 Å². The third kappa shape index (κ3) is 5.90. The van der Waals surface area contributed by atoms with Gasteiger partial charge >= 0.3 is 0 Å². The van der Waals surface area contributed by atoms with Crippen LogP contribution in [0.4, 0.5) is 0 Å². The van der Waals surface area contributed by atoms with Crippen molar-refractivity contribution in [2.75, 3.05) is 0 Å². The summed E-state index contributed by atoms with van der Waals surface area (Å²) in [4.78, 5) is 38.4. The van der Waals surface area contributed by atoms with Crippen LogP contribution < -0.4 is 10.9 Å². The predicted molar refractivity (Wildman–Crippen MR) is 133 cm³/mol. The van der Waals surface area contributed by atoms with Gasteiger partial charge in [0.2, 0.25) is 0 Å². The number of hydrazine groups is 1. The van der Waals surface area contributed by atoms with E-state index in [1.807, 2.05) is 57.2 Å². The molecule has 0 aliphatic heterocycles. The minimum Gasteiger partial charge on any atom is -0.267 e. The van der Waals surface area contributed by atoms with E-state index in [0.717, 1.165) is 22.1 Å². The van der Waals surface area contributed by atoms with Crippen molar-refractivity contribution in [3.8, 4) is 5.82 Å². The van der Waals surface area contributed by atoms with Gasteiger partial charge in [-0.2, -0.15) is 5.10 Å². The van der Waals surface area contributed by atoms with Crippen molar-refractivity contribution in [2.24, 2.45) is 0 Å². The zero-order valence-electron chi connectivity index (χ0n) is 19.6. The monoisotopic (exact) mass is 487 g/mol. The van der Waals surface area contributed by atoms with Crippen LogP contribution in [0.1, 0.15) is 50.3 Å². The molecule has 0 radical (unpaired) electrons. The number of benzene rings is 1. The average molecular weight is 488 g/mol. The lowest BCUT2D eigenvalue weighted by molar-refractivity contribution is 0.0846. The van der Waals surface area contributed by atoms with Gasteiger partial charge in [0.15, 0.2) is 11.0 Å². The zero-order chi connectivity index (χ0) is 24.8. The van der Waals surface area contributed by atoms with Gasteiger partial charge in [0.05, 0.1) is 17.5 Å². The molecule has 0 fully saturated rings. The number of aryl methyl sites for hydroxylation is 2. The molecule has 0 spiro atoms. The SMILES string of the molecule is CCc1c(C(=O)NNC(=O)c2ccc(CSc3nc(C)cc(C)n3)cc2)cnn1-c1ccccn1. The van der Waals surface area contributed by atoms with Crippen molar-refractivity contribution in [2.45, 2.75) is 38.1 Å². The van der Waals surface area contributed by atoms with E-state index < -0.39 is 11.8 Å². The predicted octanol–water partition coefficient (Wildman–Crippen LogP) is 3.60. The summed E-state index contributed by atoms with van der Waals surface area (Å²) >= 11 is 1.54. The van der Waals surface area contributed by atoms with Crippen LogP contribution in [-0.2, 0) is 12.2 Å². The lowest BCUT2D eigenvalue weighted by Crippen LogP contribution is -2.41. The highest BCUT2D eigenvalue weighted by molar-refractivity contribution is 7.98. The number of carbonyl (C=O) groups excluding carboxylic acids is 2. The number of pyridine rings is 1. The molecule has 2 amide bonds. The molecule has 35 heavy (non-hydrogen) atoms. The van der Waals surface area contributed by atoms with E-state index in [2.05, 4.69) is 30.9 Å². The van der Waals surface area contributed by atoms with E-state index in [-0.39, 0.29) is 0 Å². The number of nitrogens with one attached hydrogen (secondary N) is 2. The first-order valence-corrected chi connectivity index (χ1v) is 12.1. The Bertz CT molecular complexity index is 1320. The molecule has 3 aromatic heterocycles. The Morgan fingerprint density at radius 1 is 0.971 bits per heavy atom. The zero-order valence-corrected chi connectivity index (χ0v) is 20.5. The standard InChI is InChI=1S/C25H25N7O2S/c1-4-21-20(14-27-32(21)22-7-5-6-12-26-22)24(34)31-30-23(33)19-10-8-18(9-11-19)15-35-25-28-16(2)13-17(3)29-25/h5-14H,4,15H2,1-3H3,(H,30,33)(H,31,34). The van der Waals surface area contributed by atoms with E-state index >= 15 is 0 Å². The molecule has 1 aromatic carbocycles. The van der Waals surface area contributed by atoms with Crippen molar-refractivity contribution >= 4 is 23.6 Å². The summed E-state index contributed by atoms with van der Waals surface area (Å²) in [5.41, 5.74) is 9.36. The number of nitrogens with zero attached hydrogens (tertiary/aromatic N) is 5. The first-order valence-electron chi connectivity index (χ1n) is 11.1. The van der Waals surface area contributed by atoms with Crippen molar-refractivity contribution in [1.82, 2.24) is 35.6 Å². The minimum atomic E-state index is -0.446. The number of carbonyl (C=O) groups is 2. The first kappa shape index (κ1) is 24.1. The number of aromatic nitrogens is 5. The van der Waals surface area contributed by atoms with Crippen molar-refractivity contribution in [1.29, 1.82) is 0 Å². The Morgan fingerprint density at radius 3 is 2.34 bits per heavy atom. The molecule has 10 heteroatoms. The molecular formula is C25H25N7O2S. The molecule has 178 valence electrons. The van der Waals surface area contributed by atoms with Crippen molar-refractivity contribution < 1.29 is 9.59 Å². The topological polar surface area (TPSA) is 115 Å². The fraction of sp³-hybridized carbons (Fsp3) is 0.200. The van der Waals surface area contributed by atoms with Crippen LogP contribution >= 0.6 is 11.8 Å². The highest BCUT2D eigenvalue weighted by Gasteiger charge is 2.18. The summed E-state index contributed by atoms with van der Waals surface area (Å²) in [5.74, 6) is 0.445. The van der Waals surface area contributed by atoms with Crippen LogP contribution in [-0.4, -0.2) is 36.5 Å². The normalized spacial score (nSPS) is 10.7. The summed E-state index contributed by atoms with van der Waals surface area (Å²) in [5, 5.41) is 5.02. The number of rotatable bonds is 7. The van der Waals surface area contributed by atoms with E-state index in [1.165, 1.54) is 18.0 Å². The van der Waals surface area contributed by atoms with E-state index in [1.54, 1.807) is 23.0 Å². The van der Waals surface area contributed by atoms with Gasteiger partial charge in [-0.1, -0.05) is 36.9 Å².